The van der Waals surface area contributed by atoms with Crippen molar-refractivity contribution in [3.05, 3.63) is 66.8 Å². The predicted molar refractivity (Wildman–Crippen MR) is 139 cm³/mol. The zero-order valence-electron chi connectivity index (χ0n) is 20.6. The van der Waals surface area contributed by atoms with Gasteiger partial charge in [-0.05, 0) is 62.0 Å². The maximum absolute atomic E-state index is 13.2. The van der Waals surface area contributed by atoms with Gasteiger partial charge in [-0.2, -0.15) is 5.10 Å². The molecule has 0 spiro atoms. The summed E-state index contributed by atoms with van der Waals surface area (Å²) < 4.78 is 13.2. The molecule has 2 aromatic heterocycles. The molecule has 1 saturated heterocycles. The Morgan fingerprint density at radius 2 is 1.73 bits per heavy atom. The van der Waals surface area contributed by atoms with Crippen LogP contribution in [-0.4, -0.2) is 93.4 Å². The lowest BCUT2D eigenvalue weighted by molar-refractivity contribution is -0.134. The molecular weight excluding hydrogens is 479 g/mol. The summed E-state index contributed by atoms with van der Waals surface area (Å²) in [5.41, 5.74) is 3.77. The van der Waals surface area contributed by atoms with Gasteiger partial charge >= 0.3 is 11.9 Å². The molecule has 4 rings (SSSR count). The van der Waals surface area contributed by atoms with Gasteiger partial charge in [-0.3, -0.25) is 5.10 Å². The van der Waals surface area contributed by atoms with Crippen LogP contribution in [0.2, 0.25) is 0 Å². The van der Waals surface area contributed by atoms with Crippen molar-refractivity contribution in [2.75, 3.05) is 51.6 Å². The maximum Gasteiger partial charge on any atom is 0.328 e. The van der Waals surface area contributed by atoms with E-state index in [0.29, 0.717) is 12.2 Å². The number of carboxylic acid groups (broad SMARTS) is 2. The molecule has 0 atom stereocenters. The number of nitrogens with zero attached hydrogens (tertiary/aromatic N) is 4. The average molecular weight is 511 g/mol. The number of carboxylic acids is 2. The minimum atomic E-state index is -1.26. The van der Waals surface area contributed by atoms with Gasteiger partial charge in [-0.15, -0.1) is 0 Å². The Morgan fingerprint density at radius 3 is 2.38 bits per heavy atom. The van der Waals surface area contributed by atoms with Gasteiger partial charge < -0.3 is 25.3 Å². The van der Waals surface area contributed by atoms with Crippen molar-refractivity contribution in [1.29, 1.82) is 0 Å². The van der Waals surface area contributed by atoms with Crippen LogP contribution in [0.3, 0.4) is 0 Å². The summed E-state index contributed by atoms with van der Waals surface area (Å²) in [6.07, 6.45) is 5.80. The molecule has 0 saturated carbocycles. The Hall–Kier alpha value is -4.09. The van der Waals surface area contributed by atoms with Gasteiger partial charge in [0.2, 0.25) is 0 Å². The number of aliphatic carboxylic acids is 2. The van der Waals surface area contributed by atoms with Crippen LogP contribution in [0.25, 0.3) is 22.4 Å². The number of carbonyl (C=O) groups is 2. The van der Waals surface area contributed by atoms with Crippen LogP contribution in [-0.2, 0) is 9.59 Å². The van der Waals surface area contributed by atoms with E-state index >= 15 is 0 Å². The number of aromatic amines is 1. The number of halogens is 1. The number of aromatic nitrogens is 3. The maximum atomic E-state index is 13.2. The fourth-order valence-corrected chi connectivity index (χ4v) is 3.77. The summed E-state index contributed by atoms with van der Waals surface area (Å²) in [5, 5.41) is 26.3. The number of anilines is 1. The van der Waals surface area contributed by atoms with Gasteiger partial charge in [-0.1, -0.05) is 0 Å². The fourth-order valence-electron chi connectivity index (χ4n) is 3.77. The topological polar surface area (TPSA) is 135 Å². The van der Waals surface area contributed by atoms with E-state index in [1.165, 1.54) is 12.1 Å². The van der Waals surface area contributed by atoms with Gasteiger partial charge in [0.15, 0.2) is 0 Å². The Labute approximate surface area is 214 Å². The van der Waals surface area contributed by atoms with Crippen LogP contribution in [0, 0.1) is 5.82 Å². The molecule has 4 N–H and O–H groups in total. The van der Waals surface area contributed by atoms with E-state index in [9.17, 15) is 14.0 Å². The molecule has 1 aliphatic rings. The van der Waals surface area contributed by atoms with E-state index in [2.05, 4.69) is 37.3 Å². The third-order valence-electron chi connectivity index (χ3n) is 5.76. The molecule has 0 amide bonds. The van der Waals surface area contributed by atoms with E-state index in [4.69, 9.17) is 10.2 Å². The zero-order valence-corrected chi connectivity index (χ0v) is 20.6. The molecule has 0 radical (unpaired) electrons. The monoisotopic (exact) mass is 510 g/mol. The van der Waals surface area contributed by atoms with Crippen LogP contribution in [0.5, 0.6) is 0 Å². The molecule has 1 fully saturated rings. The highest BCUT2D eigenvalue weighted by Gasteiger charge is 2.13. The first-order chi connectivity index (χ1) is 17.8. The Bertz CT molecular complexity index is 1170. The lowest BCUT2D eigenvalue weighted by Gasteiger charge is -2.32. The number of pyridine rings is 1. The molecule has 1 aromatic carbocycles. The van der Waals surface area contributed by atoms with E-state index in [0.717, 1.165) is 73.9 Å². The van der Waals surface area contributed by atoms with Gasteiger partial charge in [0.1, 0.15) is 11.6 Å². The summed E-state index contributed by atoms with van der Waals surface area (Å²) in [5.74, 6) is -1.91. The normalized spacial score (nSPS) is 14.2. The zero-order chi connectivity index (χ0) is 26.6. The molecule has 10 nitrogen and oxygen atoms in total. The van der Waals surface area contributed by atoms with Gasteiger partial charge in [0, 0.05) is 62.2 Å². The van der Waals surface area contributed by atoms with Crippen molar-refractivity contribution in [3.63, 3.8) is 0 Å². The van der Waals surface area contributed by atoms with Crippen LogP contribution in [0.1, 0.15) is 6.42 Å². The smallest absolute Gasteiger partial charge is 0.328 e. The second-order valence-corrected chi connectivity index (χ2v) is 8.53. The molecule has 11 heteroatoms. The summed E-state index contributed by atoms with van der Waals surface area (Å²) in [4.78, 5) is 28.4. The number of likely N-dealkylation sites (N-methyl/N-ethyl adjacent to an activating group) is 1. The van der Waals surface area contributed by atoms with Crippen molar-refractivity contribution in [2.45, 2.75) is 6.42 Å². The molecule has 0 bridgehead atoms. The van der Waals surface area contributed by atoms with E-state index in [1.54, 1.807) is 24.5 Å². The van der Waals surface area contributed by atoms with Crippen LogP contribution < -0.4 is 5.32 Å². The van der Waals surface area contributed by atoms with Gasteiger partial charge in [0.25, 0.3) is 0 Å². The summed E-state index contributed by atoms with van der Waals surface area (Å²) in [7, 11) is 2.18. The quantitative estimate of drug-likeness (QED) is 0.253. The molecule has 37 heavy (non-hydrogen) atoms. The standard InChI is InChI=1S/C22H27FN6.C4H4O4/c1-28-11-13-29(14-12-28)10-2-8-24-21-15-18(7-9-25-21)20-16-26-27-22(20)17-3-5-19(23)6-4-17;5-3(6)1-2-4(7)8/h3-7,9,15-16H,2,8,10-14H2,1H3,(H,24,25)(H,26,27);1-2H,(H,5,6)(H,7,8)/b;2-1+. The minimum Gasteiger partial charge on any atom is -0.478 e. The number of benzene rings is 1. The van der Waals surface area contributed by atoms with Crippen molar-refractivity contribution in [2.24, 2.45) is 0 Å². The Kier molecular flexibility index (Phi) is 10.3. The molecule has 0 unspecified atom stereocenters. The highest BCUT2D eigenvalue weighted by atomic mass is 19.1. The van der Waals surface area contributed by atoms with Crippen LogP contribution in [0.15, 0.2) is 60.9 Å². The summed E-state index contributed by atoms with van der Waals surface area (Å²) >= 11 is 0. The van der Waals surface area contributed by atoms with E-state index in [1.807, 2.05) is 12.1 Å². The first kappa shape index (κ1) is 27.5. The predicted octanol–water partition coefficient (Wildman–Crippen LogP) is 3.04. The van der Waals surface area contributed by atoms with Gasteiger partial charge in [-0.25, -0.2) is 19.0 Å². The molecular formula is C26H31FN6O4. The number of rotatable bonds is 9. The molecule has 3 heterocycles. The Morgan fingerprint density at radius 1 is 1.05 bits per heavy atom. The first-order valence-electron chi connectivity index (χ1n) is 11.9. The number of hydrogen-bond donors (Lipinski definition) is 4. The third kappa shape index (κ3) is 9.13. The third-order valence-corrected chi connectivity index (χ3v) is 5.76. The van der Waals surface area contributed by atoms with E-state index in [-0.39, 0.29) is 5.82 Å². The van der Waals surface area contributed by atoms with Crippen molar-refractivity contribution < 1.29 is 24.2 Å². The van der Waals surface area contributed by atoms with Gasteiger partial charge in [0.05, 0.1) is 11.9 Å². The van der Waals surface area contributed by atoms with Crippen molar-refractivity contribution in [3.8, 4) is 22.4 Å². The lowest BCUT2D eigenvalue weighted by Crippen LogP contribution is -2.44. The summed E-state index contributed by atoms with van der Waals surface area (Å²) in [6, 6.07) is 10.4. The molecule has 3 aromatic rings. The second-order valence-electron chi connectivity index (χ2n) is 8.53. The summed E-state index contributed by atoms with van der Waals surface area (Å²) in [6.45, 7) is 6.60. The fraction of sp³-hybridized carbons (Fsp3) is 0.308. The number of nitrogens with one attached hydrogen (secondary N) is 2. The van der Waals surface area contributed by atoms with Crippen molar-refractivity contribution in [1.82, 2.24) is 25.0 Å². The Balaban J connectivity index is 0.000000414. The van der Waals surface area contributed by atoms with Crippen LogP contribution in [0.4, 0.5) is 10.2 Å². The highest BCUT2D eigenvalue weighted by Crippen LogP contribution is 2.30. The SMILES string of the molecule is CN1CCN(CCCNc2cc(-c3cn[nH]c3-c3ccc(F)cc3)ccn2)CC1.O=C(O)/C=C/C(=O)O. The number of H-pyrrole nitrogens is 1. The lowest BCUT2D eigenvalue weighted by atomic mass is 10.0. The number of piperazine rings is 1. The highest BCUT2D eigenvalue weighted by molar-refractivity contribution is 5.89. The molecule has 1 aliphatic heterocycles. The minimum absolute atomic E-state index is 0.248. The first-order valence-corrected chi connectivity index (χ1v) is 11.9. The number of hydrogen-bond acceptors (Lipinski definition) is 7. The van der Waals surface area contributed by atoms with E-state index < -0.39 is 11.9 Å². The second kappa shape index (κ2) is 13.9. The largest absolute Gasteiger partial charge is 0.478 e. The van der Waals surface area contributed by atoms with Crippen LogP contribution >= 0.6 is 0 Å². The molecule has 0 aliphatic carbocycles. The van der Waals surface area contributed by atoms with Crippen molar-refractivity contribution >= 4 is 17.8 Å². The molecule has 196 valence electrons. The average Bonchev–Trinajstić information content (AvgIpc) is 3.38.